The van der Waals surface area contributed by atoms with Crippen molar-refractivity contribution in [2.45, 2.75) is 37.9 Å². The first-order chi connectivity index (χ1) is 10.2. The van der Waals surface area contributed by atoms with Crippen molar-refractivity contribution in [2.24, 2.45) is 5.92 Å². The number of likely N-dealkylation sites (tertiary alicyclic amines) is 1. The molecule has 4 nitrogen and oxygen atoms in total. The largest absolute Gasteiger partial charge is 0.481 e. The summed E-state index contributed by atoms with van der Waals surface area (Å²) in [6.45, 7) is 4.56. The molecule has 0 aliphatic carbocycles. The number of carbonyl (C=O) groups is 2. The molecule has 21 heavy (non-hydrogen) atoms. The van der Waals surface area contributed by atoms with E-state index in [1.807, 2.05) is 36.4 Å². The predicted octanol–water partition coefficient (Wildman–Crippen LogP) is 2.50. The standard InChI is InChI=1S/C17H21NO3/c1-2-16-14(8-9-19)10-15(11-17(20)21)18(16)12-13-6-4-3-5-7-13/h2-7,9,14-16H,1,8,10-12H2,(H,20,21). The SMILES string of the molecule is C=CC1C(CC=O)CC(CC(=O)O)N1Cc1ccccc1. The van der Waals surface area contributed by atoms with E-state index >= 15 is 0 Å². The Bertz CT molecular complexity index is 500. The summed E-state index contributed by atoms with van der Waals surface area (Å²) < 4.78 is 0. The number of aldehydes is 1. The van der Waals surface area contributed by atoms with E-state index in [1.165, 1.54) is 0 Å². The summed E-state index contributed by atoms with van der Waals surface area (Å²) in [5.74, 6) is -0.638. The molecule has 1 fully saturated rings. The summed E-state index contributed by atoms with van der Waals surface area (Å²) in [5, 5.41) is 9.11. The van der Waals surface area contributed by atoms with Crippen LogP contribution < -0.4 is 0 Å². The Balaban J connectivity index is 2.19. The fourth-order valence-corrected chi connectivity index (χ4v) is 3.26. The molecule has 4 heteroatoms. The highest BCUT2D eigenvalue weighted by molar-refractivity contribution is 5.67. The number of hydrogen-bond donors (Lipinski definition) is 1. The molecule has 2 rings (SSSR count). The van der Waals surface area contributed by atoms with Crippen molar-refractivity contribution in [3.8, 4) is 0 Å². The van der Waals surface area contributed by atoms with E-state index in [2.05, 4.69) is 11.5 Å². The van der Waals surface area contributed by atoms with Gasteiger partial charge in [0.2, 0.25) is 0 Å². The first kappa shape index (κ1) is 15.4. The number of aliphatic carboxylic acids is 1. The van der Waals surface area contributed by atoms with Gasteiger partial charge in [0.05, 0.1) is 6.42 Å². The Kier molecular flexibility index (Phi) is 5.28. The van der Waals surface area contributed by atoms with Crippen molar-refractivity contribution in [3.63, 3.8) is 0 Å². The number of benzene rings is 1. The lowest BCUT2D eigenvalue weighted by Crippen LogP contribution is -2.37. The van der Waals surface area contributed by atoms with Crippen molar-refractivity contribution in [1.82, 2.24) is 4.90 Å². The van der Waals surface area contributed by atoms with Crippen molar-refractivity contribution < 1.29 is 14.7 Å². The normalized spacial score (nSPS) is 25.6. The van der Waals surface area contributed by atoms with Gasteiger partial charge in [0.15, 0.2) is 0 Å². The Morgan fingerprint density at radius 3 is 2.67 bits per heavy atom. The van der Waals surface area contributed by atoms with E-state index in [-0.39, 0.29) is 24.4 Å². The molecule has 0 aromatic heterocycles. The molecule has 1 saturated heterocycles. The van der Waals surface area contributed by atoms with Gasteiger partial charge in [-0.2, -0.15) is 0 Å². The van der Waals surface area contributed by atoms with Crippen LogP contribution in [-0.4, -0.2) is 34.3 Å². The van der Waals surface area contributed by atoms with E-state index < -0.39 is 5.97 Å². The fraction of sp³-hybridized carbons (Fsp3) is 0.412. The maximum atomic E-state index is 11.1. The molecule has 3 unspecified atom stereocenters. The molecule has 0 amide bonds. The van der Waals surface area contributed by atoms with Crippen LogP contribution in [0.4, 0.5) is 0 Å². The number of nitrogens with zero attached hydrogens (tertiary/aromatic N) is 1. The molecule has 1 aromatic carbocycles. The van der Waals surface area contributed by atoms with E-state index in [4.69, 9.17) is 5.11 Å². The maximum Gasteiger partial charge on any atom is 0.304 e. The number of carboxylic acids is 1. The molecule has 1 heterocycles. The fourth-order valence-electron chi connectivity index (χ4n) is 3.26. The number of hydrogen-bond acceptors (Lipinski definition) is 3. The molecule has 0 radical (unpaired) electrons. The van der Waals surface area contributed by atoms with Crippen LogP contribution in [0, 0.1) is 5.92 Å². The van der Waals surface area contributed by atoms with Crippen LogP contribution in [0.2, 0.25) is 0 Å². The number of rotatable bonds is 7. The predicted molar refractivity (Wildman–Crippen MR) is 80.8 cm³/mol. The summed E-state index contributed by atoms with van der Waals surface area (Å²) >= 11 is 0. The van der Waals surface area contributed by atoms with Crippen molar-refractivity contribution >= 4 is 12.3 Å². The molecule has 1 aliphatic rings. The molecule has 112 valence electrons. The second-order valence-electron chi connectivity index (χ2n) is 5.53. The molecular formula is C17H21NO3. The highest BCUT2D eigenvalue weighted by atomic mass is 16.4. The van der Waals surface area contributed by atoms with E-state index in [9.17, 15) is 9.59 Å². The van der Waals surface area contributed by atoms with Gasteiger partial charge in [-0.1, -0.05) is 36.4 Å². The van der Waals surface area contributed by atoms with Crippen LogP contribution in [0.5, 0.6) is 0 Å². The molecule has 1 aromatic rings. The highest BCUT2D eigenvalue weighted by Gasteiger charge is 2.39. The molecule has 3 atom stereocenters. The summed E-state index contributed by atoms with van der Waals surface area (Å²) in [6.07, 6.45) is 4.06. The third-order valence-corrected chi connectivity index (χ3v) is 4.17. The Hall–Kier alpha value is -1.94. The number of carboxylic acid groups (broad SMARTS) is 1. The average Bonchev–Trinajstić information content (AvgIpc) is 2.76. The average molecular weight is 287 g/mol. The van der Waals surface area contributed by atoms with Crippen LogP contribution in [-0.2, 0) is 16.1 Å². The number of carbonyl (C=O) groups excluding carboxylic acids is 1. The van der Waals surface area contributed by atoms with Crippen molar-refractivity contribution in [2.75, 3.05) is 0 Å². The lowest BCUT2D eigenvalue weighted by molar-refractivity contribution is -0.138. The summed E-state index contributed by atoms with van der Waals surface area (Å²) in [6, 6.07) is 9.99. The summed E-state index contributed by atoms with van der Waals surface area (Å²) in [5.41, 5.74) is 1.14. The van der Waals surface area contributed by atoms with Gasteiger partial charge in [-0.15, -0.1) is 6.58 Å². The second kappa shape index (κ2) is 7.18. The Labute approximate surface area is 125 Å². The molecule has 1 aliphatic heterocycles. The van der Waals surface area contributed by atoms with Gasteiger partial charge in [0.1, 0.15) is 6.29 Å². The minimum absolute atomic E-state index is 0.0457. The molecule has 0 saturated carbocycles. The van der Waals surface area contributed by atoms with Crippen LogP contribution in [0.3, 0.4) is 0 Å². The van der Waals surface area contributed by atoms with Crippen molar-refractivity contribution in [1.29, 1.82) is 0 Å². The Morgan fingerprint density at radius 2 is 2.10 bits per heavy atom. The monoisotopic (exact) mass is 287 g/mol. The summed E-state index contributed by atoms with van der Waals surface area (Å²) in [4.78, 5) is 24.1. The smallest absolute Gasteiger partial charge is 0.304 e. The quantitative estimate of drug-likeness (QED) is 0.618. The maximum absolute atomic E-state index is 11.1. The van der Waals surface area contributed by atoms with Gasteiger partial charge in [-0.25, -0.2) is 0 Å². The lowest BCUT2D eigenvalue weighted by Gasteiger charge is -2.29. The molecular weight excluding hydrogens is 266 g/mol. The Morgan fingerprint density at radius 1 is 1.38 bits per heavy atom. The van der Waals surface area contributed by atoms with Crippen LogP contribution in [0.15, 0.2) is 43.0 Å². The zero-order valence-corrected chi connectivity index (χ0v) is 12.0. The van der Waals surface area contributed by atoms with Gasteiger partial charge in [-0.05, 0) is 17.9 Å². The first-order valence-corrected chi connectivity index (χ1v) is 7.23. The van der Waals surface area contributed by atoms with Crippen LogP contribution >= 0.6 is 0 Å². The van der Waals surface area contributed by atoms with Gasteiger partial charge in [-0.3, -0.25) is 9.69 Å². The molecule has 1 N–H and O–H groups in total. The van der Waals surface area contributed by atoms with E-state index in [0.29, 0.717) is 13.0 Å². The van der Waals surface area contributed by atoms with E-state index in [1.54, 1.807) is 0 Å². The second-order valence-corrected chi connectivity index (χ2v) is 5.53. The zero-order chi connectivity index (χ0) is 15.2. The van der Waals surface area contributed by atoms with Crippen molar-refractivity contribution in [3.05, 3.63) is 48.6 Å². The van der Waals surface area contributed by atoms with Gasteiger partial charge >= 0.3 is 5.97 Å². The van der Waals surface area contributed by atoms with Gasteiger partial charge in [0, 0.05) is 25.0 Å². The highest BCUT2D eigenvalue weighted by Crippen LogP contribution is 2.35. The topological polar surface area (TPSA) is 57.6 Å². The zero-order valence-electron chi connectivity index (χ0n) is 12.0. The summed E-state index contributed by atoms with van der Waals surface area (Å²) in [7, 11) is 0. The van der Waals surface area contributed by atoms with E-state index in [0.717, 1.165) is 18.3 Å². The molecule has 0 bridgehead atoms. The third-order valence-electron chi connectivity index (χ3n) is 4.17. The van der Waals surface area contributed by atoms with Crippen LogP contribution in [0.1, 0.15) is 24.8 Å². The molecule has 0 spiro atoms. The third kappa shape index (κ3) is 3.79. The lowest BCUT2D eigenvalue weighted by atomic mass is 9.95. The van der Waals surface area contributed by atoms with Gasteiger partial charge < -0.3 is 9.90 Å². The first-order valence-electron chi connectivity index (χ1n) is 7.23. The minimum atomic E-state index is -0.798. The van der Waals surface area contributed by atoms with Crippen LogP contribution in [0.25, 0.3) is 0 Å². The minimum Gasteiger partial charge on any atom is -0.481 e. The van der Waals surface area contributed by atoms with Gasteiger partial charge in [0.25, 0.3) is 0 Å².